The van der Waals surface area contributed by atoms with Gasteiger partial charge in [-0.15, -0.1) is 5.10 Å². The van der Waals surface area contributed by atoms with Crippen molar-refractivity contribution in [3.05, 3.63) is 5.89 Å². The number of nitrogens with two attached hydrogens (primary N) is 1. The zero-order chi connectivity index (χ0) is 13.4. The van der Waals surface area contributed by atoms with Crippen molar-refractivity contribution >= 4 is 16.0 Å². The molecule has 1 aromatic heterocycles. The number of hydrogen-bond acceptors (Lipinski definition) is 8. The van der Waals surface area contributed by atoms with E-state index in [0.29, 0.717) is 25.6 Å². The molecule has 18 heavy (non-hydrogen) atoms. The average molecular weight is 279 g/mol. The SMILES string of the molecule is COCCNCc1nnc(NCCS(N)(=O)=O)o1. The van der Waals surface area contributed by atoms with Gasteiger partial charge in [0.25, 0.3) is 0 Å². The van der Waals surface area contributed by atoms with Gasteiger partial charge in [0.05, 0.1) is 18.9 Å². The van der Waals surface area contributed by atoms with Crippen LogP contribution < -0.4 is 15.8 Å². The fourth-order valence-corrected chi connectivity index (χ4v) is 1.45. The third-order valence-corrected chi connectivity index (χ3v) is 2.66. The molecule has 0 fully saturated rings. The van der Waals surface area contributed by atoms with Gasteiger partial charge in [-0.05, 0) is 0 Å². The number of primary sulfonamides is 1. The molecule has 0 aliphatic rings. The van der Waals surface area contributed by atoms with Crippen LogP contribution in [0.4, 0.5) is 6.01 Å². The lowest BCUT2D eigenvalue weighted by Crippen LogP contribution is -2.22. The lowest BCUT2D eigenvalue weighted by Gasteiger charge is -2.00. The minimum absolute atomic E-state index is 0.123. The van der Waals surface area contributed by atoms with Crippen molar-refractivity contribution in [3.8, 4) is 0 Å². The third kappa shape index (κ3) is 6.49. The first-order valence-electron chi connectivity index (χ1n) is 5.27. The van der Waals surface area contributed by atoms with E-state index in [1.54, 1.807) is 7.11 Å². The molecular weight excluding hydrogens is 262 g/mol. The van der Waals surface area contributed by atoms with Gasteiger partial charge in [-0.2, -0.15) is 0 Å². The first kappa shape index (κ1) is 14.8. The van der Waals surface area contributed by atoms with Crippen LogP contribution in [-0.4, -0.2) is 51.2 Å². The molecule has 0 aliphatic heterocycles. The molecule has 0 amide bonds. The van der Waals surface area contributed by atoms with Crippen LogP contribution in [0.5, 0.6) is 0 Å². The first-order valence-corrected chi connectivity index (χ1v) is 6.99. The minimum atomic E-state index is -3.49. The van der Waals surface area contributed by atoms with Gasteiger partial charge in [0.2, 0.25) is 15.9 Å². The minimum Gasteiger partial charge on any atom is -0.407 e. The summed E-state index contributed by atoms with van der Waals surface area (Å²) in [5.41, 5.74) is 0. The van der Waals surface area contributed by atoms with Gasteiger partial charge in [-0.25, -0.2) is 13.6 Å². The zero-order valence-electron chi connectivity index (χ0n) is 10.0. The van der Waals surface area contributed by atoms with E-state index in [1.165, 1.54) is 0 Å². The maximum absolute atomic E-state index is 10.7. The Balaban J connectivity index is 2.26. The lowest BCUT2D eigenvalue weighted by atomic mass is 10.6. The number of hydrogen-bond donors (Lipinski definition) is 3. The Morgan fingerprint density at radius 2 is 2.17 bits per heavy atom. The van der Waals surface area contributed by atoms with E-state index >= 15 is 0 Å². The van der Waals surface area contributed by atoms with Gasteiger partial charge < -0.3 is 19.8 Å². The third-order valence-electron chi connectivity index (χ3n) is 1.89. The molecule has 0 aromatic carbocycles. The normalized spacial score (nSPS) is 11.7. The molecule has 0 bridgehead atoms. The van der Waals surface area contributed by atoms with E-state index < -0.39 is 10.0 Å². The molecule has 1 rings (SSSR count). The summed E-state index contributed by atoms with van der Waals surface area (Å²) in [4.78, 5) is 0. The number of methoxy groups -OCH3 is 1. The van der Waals surface area contributed by atoms with Gasteiger partial charge >= 0.3 is 6.01 Å². The molecule has 0 spiro atoms. The van der Waals surface area contributed by atoms with Crippen LogP contribution >= 0.6 is 0 Å². The number of aromatic nitrogens is 2. The number of nitrogens with one attached hydrogen (secondary N) is 2. The van der Waals surface area contributed by atoms with Crippen molar-refractivity contribution in [1.29, 1.82) is 0 Å². The Bertz CT molecular complexity index is 446. The van der Waals surface area contributed by atoms with Gasteiger partial charge in [-0.1, -0.05) is 5.10 Å². The van der Waals surface area contributed by atoms with Crippen molar-refractivity contribution in [3.63, 3.8) is 0 Å². The van der Waals surface area contributed by atoms with E-state index in [1.807, 2.05) is 0 Å². The van der Waals surface area contributed by atoms with Crippen LogP contribution in [-0.2, 0) is 21.3 Å². The molecule has 0 saturated carbocycles. The predicted molar refractivity (Wildman–Crippen MR) is 64.3 cm³/mol. The molecule has 104 valence electrons. The van der Waals surface area contributed by atoms with Crippen LogP contribution in [0.2, 0.25) is 0 Å². The van der Waals surface area contributed by atoms with E-state index in [2.05, 4.69) is 20.8 Å². The molecule has 0 saturated heterocycles. The summed E-state index contributed by atoms with van der Waals surface area (Å²) in [6.45, 7) is 1.81. The smallest absolute Gasteiger partial charge is 0.315 e. The fourth-order valence-electron chi connectivity index (χ4n) is 1.07. The molecule has 0 radical (unpaired) electrons. The second-order valence-electron chi connectivity index (χ2n) is 3.46. The Morgan fingerprint density at radius 1 is 1.39 bits per heavy atom. The summed E-state index contributed by atoms with van der Waals surface area (Å²) in [6.07, 6.45) is 0. The second kappa shape index (κ2) is 7.26. The summed E-state index contributed by atoms with van der Waals surface area (Å²) >= 11 is 0. The van der Waals surface area contributed by atoms with Gasteiger partial charge in [-0.3, -0.25) is 0 Å². The summed E-state index contributed by atoms with van der Waals surface area (Å²) in [5, 5.41) is 18.0. The summed E-state index contributed by atoms with van der Waals surface area (Å²) in [7, 11) is -1.87. The number of ether oxygens (including phenoxy) is 1. The summed E-state index contributed by atoms with van der Waals surface area (Å²) in [6, 6.07) is 0.169. The number of sulfonamides is 1. The molecule has 0 aliphatic carbocycles. The van der Waals surface area contributed by atoms with Crippen LogP contribution in [0.25, 0.3) is 0 Å². The van der Waals surface area contributed by atoms with E-state index in [9.17, 15) is 8.42 Å². The molecule has 9 nitrogen and oxygen atoms in total. The molecule has 0 unspecified atom stereocenters. The highest BCUT2D eigenvalue weighted by Gasteiger charge is 2.07. The van der Waals surface area contributed by atoms with Crippen LogP contribution in [0.3, 0.4) is 0 Å². The lowest BCUT2D eigenvalue weighted by molar-refractivity contribution is 0.198. The predicted octanol–water partition coefficient (Wildman–Crippen LogP) is -1.49. The fraction of sp³-hybridized carbons (Fsp3) is 0.750. The van der Waals surface area contributed by atoms with Crippen LogP contribution in [0.15, 0.2) is 4.42 Å². The van der Waals surface area contributed by atoms with Gasteiger partial charge in [0.1, 0.15) is 0 Å². The molecule has 1 aromatic rings. The highest BCUT2D eigenvalue weighted by atomic mass is 32.2. The average Bonchev–Trinajstić information content (AvgIpc) is 2.71. The maximum atomic E-state index is 10.7. The largest absolute Gasteiger partial charge is 0.407 e. The van der Waals surface area contributed by atoms with Crippen LogP contribution in [0, 0.1) is 0 Å². The number of nitrogens with zero attached hydrogens (tertiary/aromatic N) is 2. The highest BCUT2D eigenvalue weighted by Crippen LogP contribution is 2.04. The van der Waals surface area contributed by atoms with Crippen molar-refractivity contribution in [2.45, 2.75) is 6.54 Å². The molecular formula is C8H17N5O4S. The summed E-state index contributed by atoms with van der Waals surface area (Å²) in [5.74, 6) is 0.209. The molecule has 4 N–H and O–H groups in total. The van der Waals surface area contributed by atoms with E-state index in [0.717, 1.165) is 0 Å². The topological polar surface area (TPSA) is 132 Å². The second-order valence-corrected chi connectivity index (χ2v) is 5.20. The number of anilines is 1. The molecule has 1 heterocycles. The Labute approximate surface area is 105 Å². The Hall–Kier alpha value is -1.23. The Morgan fingerprint density at radius 3 is 2.83 bits per heavy atom. The highest BCUT2D eigenvalue weighted by molar-refractivity contribution is 7.89. The molecule has 0 atom stereocenters. The molecule has 10 heteroatoms. The standard InChI is InChI=1S/C8H17N5O4S/c1-16-4-2-10-6-7-12-13-8(17-7)11-3-5-18(9,14)15/h10H,2-6H2,1H3,(H,11,13)(H2,9,14,15). The number of rotatable bonds is 9. The van der Waals surface area contributed by atoms with E-state index in [-0.39, 0.29) is 18.3 Å². The van der Waals surface area contributed by atoms with Gasteiger partial charge in [0, 0.05) is 20.2 Å². The van der Waals surface area contributed by atoms with Crippen molar-refractivity contribution < 1.29 is 17.6 Å². The van der Waals surface area contributed by atoms with E-state index in [4.69, 9.17) is 14.3 Å². The maximum Gasteiger partial charge on any atom is 0.315 e. The Kier molecular flexibility index (Phi) is 5.98. The first-order chi connectivity index (χ1) is 8.51. The zero-order valence-corrected chi connectivity index (χ0v) is 10.9. The van der Waals surface area contributed by atoms with Crippen LogP contribution in [0.1, 0.15) is 5.89 Å². The summed E-state index contributed by atoms with van der Waals surface area (Å²) < 4.78 is 31.4. The van der Waals surface area contributed by atoms with Crippen molar-refractivity contribution in [1.82, 2.24) is 15.5 Å². The van der Waals surface area contributed by atoms with Crippen molar-refractivity contribution in [2.24, 2.45) is 5.14 Å². The quantitative estimate of drug-likeness (QED) is 0.465. The van der Waals surface area contributed by atoms with Gasteiger partial charge in [0.15, 0.2) is 0 Å². The monoisotopic (exact) mass is 279 g/mol. The van der Waals surface area contributed by atoms with Crippen molar-refractivity contribution in [2.75, 3.05) is 37.9 Å².